The van der Waals surface area contributed by atoms with Gasteiger partial charge in [-0.3, -0.25) is 9.59 Å². The van der Waals surface area contributed by atoms with Crippen molar-refractivity contribution in [3.05, 3.63) is 89.6 Å². The minimum atomic E-state index is -1.49. The predicted octanol–water partition coefficient (Wildman–Crippen LogP) is 9.26. The third-order valence-electron chi connectivity index (χ3n) is 5.38. The van der Waals surface area contributed by atoms with Gasteiger partial charge in [0.15, 0.2) is 5.13 Å². The maximum absolute atomic E-state index is 12.9. The van der Waals surface area contributed by atoms with Gasteiger partial charge in [-0.05, 0) is 43.3 Å². The van der Waals surface area contributed by atoms with Crippen LogP contribution in [0.4, 0.5) is 10.8 Å². The first-order chi connectivity index (χ1) is 19.0. The second-order valence-electron chi connectivity index (χ2n) is 8.08. The number of anilines is 2. The van der Waals surface area contributed by atoms with Gasteiger partial charge in [0.1, 0.15) is 0 Å². The Morgan fingerprint density at radius 3 is 2.10 bits per heavy atom. The number of nitrogens with one attached hydrogen (secondary N) is 2. The Bertz CT molecular complexity index is 1620. The number of halogens is 5. The molecule has 2 amide bonds. The van der Waals surface area contributed by atoms with Crippen molar-refractivity contribution in [3.8, 4) is 11.3 Å². The molecule has 14 heteroatoms. The number of carboxylic acids is 1. The maximum atomic E-state index is 12.9. The van der Waals surface area contributed by atoms with Gasteiger partial charge in [-0.15, -0.1) is 23.1 Å². The number of aromatic carboxylic acids is 1. The molecule has 7 nitrogen and oxygen atoms in total. The molecular weight excluding hydrogens is 704 g/mol. The molecule has 0 saturated heterocycles. The summed E-state index contributed by atoms with van der Waals surface area (Å²) in [6, 6.07) is 14.3. The number of aromatic nitrogens is 1. The fraction of sp³-hybridized carbons (Fsp3) is 0.0769. The first kappa shape index (κ1) is 30.6. The number of hydrogen-bond acceptors (Lipinski definition) is 6. The van der Waals surface area contributed by atoms with Crippen molar-refractivity contribution in [1.82, 2.24) is 4.98 Å². The monoisotopic (exact) mass is 717 g/mol. The molecule has 3 aromatic carbocycles. The molecule has 0 fully saturated rings. The lowest BCUT2D eigenvalue weighted by atomic mass is 10.1. The number of thioether (sulfide) groups is 1. The molecule has 1 aromatic heterocycles. The van der Waals surface area contributed by atoms with Crippen LogP contribution in [0.25, 0.3) is 11.3 Å². The number of nitrogens with zero attached hydrogens (tertiary/aromatic N) is 1. The molecule has 1 unspecified atom stereocenters. The van der Waals surface area contributed by atoms with Gasteiger partial charge in [0.2, 0.25) is 5.91 Å². The fourth-order valence-electron chi connectivity index (χ4n) is 3.41. The fourth-order valence-corrected chi connectivity index (χ4v) is 6.28. The summed E-state index contributed by atoms with van der Waals surface area (Å²) < 4.78 is 0.967. The van der Waals surface area contributed by atoms with E-state index >= 15 is 0 Å². The summed E-state index contributed by atoms with van der Waals surface area (Å²) in [5.74, 6) is -2.54. The van der Waals surface area contributed by atoms with E-state index in [9.17, 15) is 19.5 Å². The Morgan fingerprint density at radius 1 is 0.900 bits per heavy atom. The zero-order chi connectivity index (χ0) is 29.1. The Labute approximate surface area is 265 Å². The smallest absolute Gasteiger partial charge is 0.338 e. The number of carbonyl (C=O) groups excluding carboxylic acids is 2. The second kappa shape index (κ2) is 13.1. The third kappa shape index (κ3) is 6.94. The van der Waals surface area contributed by atoms with E-state index in [0.717, 1.165) is 20.6 Å². The SMILES string of the molecule is CC(Sc1ccc(NC(=O)c2c(Cl)c(Cl)c(Cl)c(Cl)c2C(=O)O)cc1)C(=O)Nc1nc(-c2ccc(Br)cc2)cs1. The van der Waals surface area contributed by atoms with Crippen LogP contribution in [-0.2, 0) is 4.79 Å². The Balaban J connectivity index is 1.40. The van der Waals surface area contributed by atoms with E-state index in [1.165, 1.54) is 23.1 Å². The molecule has 0 aliphatic carbocycles. The highest BCUT2D eigenvalue weighted by Crippen LogP contribution is 2.42. The molecule has 1 atom stereocenters. The first-order valence-corrected chi connectivity index (χ1v) is 15.2. The van der Waals surface area contributed by atoms with E-state index in [1.54, 1.807) is 31.2 Å². The molecule has 1 heterocycles. The van der Waals surface area contributed by atoms with Crippen LogP contribution in [0.2, 0.25) is 20.1 Å². The summed E-state index contributed by atoms with van der Waals surface area (Å²) in [5.41, 5.74) is 1.09. The van der Waals surface area contributed by atoms with Gasteiger partial charge in [0, 0.05) is 26.0 Å². The summed E-state index contributed by atoms with van der Waals surface area (Å²) in [6.07, 6.45) is 0. The lowest BCUT2D eigenvalue weighted by Gasteiger charge is -2.14. The van der Waals surface area contributed by atoms with Crippen molar-refractivity contribution in [3.63, 3.8) is 0 Å². The van der Waals surface area contributed by atoms with Crippen molar-refractivity contribution in [2.24, 2.45) is 0 Å². The molecule has 4 rings (SSSR count). The molecule has 40 heavy (non-hydrogen) atoms. The van der Waals surface area contributed by atoms with E-state index < -0.39 is 33.3 Å². The molecule has 3 N–H and O–H groups in total. The minimum Gasteiger partial charge on any atom is -0.478 e. The number of thiazole rings is 1. The number of rotatable bonds is 8. The summed E-state index contributed by atoms with van der Waals surface area (Å²) in [5, 5.41) is 15.7. The van der Waals surface area contributed by atoms with E-state index in [-0.39, 0.29) is 21.0 Å². The van der Waals surface area contributed by atoms with E-state index in [0.29, 0.717) is 10.8 Å². The molecule has 0 bridgehead atoms. The second-order valence-corrected chi connectivity index (χ2v) is 12.8. The van der Waals surface area contributed by atoms with Crippen molar-refractivity contribution in [1.29, 1.82) is 0 Å². The van der Waals surface area contributed by atoms with Gasteiger partial charge >= 0.3 is 5.97 Å². The van der Waals surface area contributed by atoms with Gasteiger partial charge < -0.3 is 15.7 Å². The van der Waals surface area contributed by atoms with Crippen LogP contribution in [0.1, 0.15) is 27.6 Å². The van der Waals surface area contributed by atoms with Crippen LogP contribution in [0.15, 0.2) is 63.3 Å². The van der Waals surface area contributed by atoms with Gasteiger partial charge in [0.05, 0.1) is 42.2 Å². The number of carbonyl (C=O) groups is 3. The molecular formula is C26H16BrCl4N3O4S2. The Kier molecular flexibility index (Phi) is 10.0. The van der Waals surface area contributed by atoms with E-state index in [2.05, 4.69) is 31.5 Å². The molecule has 0 spiro atoms. The number of carboxylic acid groups (broad SMARTS) is 1. The van der Waals surface area contributed by atoms with Crippen molar-refractivity contribution in [2.45, 2.75) is 17.1 Å². The third-order valence-corrected chi connectivity index (χ3v) is 9.58. The standard InChI is InChI=1S/C26H16BrCl4N3O4S2/c1-11(23(35)34-26-33-16(10-39-26)12-2-4-13(27)5-3-12)40-15-8-6-14(7-9-15)32-24(36)17-18(25(37)38)20(29)22(31)21(30)19(17)28/h2-11H,1H3,(H,32,36)(H,37,38)(H,33,34,35). The largest absolute Gasteiger partial charge is 0.478 e. The summed E-state index contributed by atoms with van der Waals surface area (Å²) in [4.78, 5) is 42.7. The van der Waals surface area contributed by atoms with Crippen LogP contribution < -0.4 is 10.6 Å². The highest BCUT2D eigenvalue weighted by Gasteiger charge is 2.29. The van der Waals surface area contributed by atoms with Crippen LogP contribution in [0.5, 0.6) is 0 Å². The molecule has 4 aromatic rings. The molecule has 0 aliphatic heterocycles. The zero-order valence-corrected chi connectivity index (χ0v) is 26.3. The van der Waals surface area contributed by atoms with Crippen LogP contribution in [-0.4, -0.2) is 33.1 Å². The Hall–Kier alpha value is -2.31. The highest BCUT2D eigenvalue weighted by molar-refractivity contribution is 9.10. The summed E-state index contributed by atoms with van der Waals surface area (Å²) in [6.45, 7) is 1.77. The van der Waals surface area contributed by atoms with E-state index in [4.69, 9.17) is 46.4 Å². The van der Waals surface area contributed by atoms with Crippen LogP contribution >= 0.6 is 85.4 Å². The lowest BCUT2D eigenvalue weighted by Crippen LogP contribution is -2.22. The number of benzene rings is 3. The topological polar surface area (TPSA) is 108 Å². The van der Waals surface area contributed by atoms with Crippen molar-refractivity contribution < 1.29 is 19.5 Å². The quantitative estimate of drug-likeness (QED) is 0.0952. The maximum Gasteiger partial charge on any atom is 0.338 e. The van der Waals surface area contributed by atoms with Crippen molar-refractivity contribution >= 4 is 114 Å². The average Bonchev–Trinajstić information content (AvgIpc) is 3.38. The summed E-state index contributed by atoms with van der Waals surface area (Å²) >= 11 is 30.2. The van der Waals surface area contributed by atoms with Crippen LogP contribution in [0, 0.1) is 0 Å². The van der Waals surface area contributed by atoms with Gasteiger partial charge in [-0.2, -0.15) is 0 Å². The molecule has 206 valence electrons. The van der Waals surface area contributed by atoms with Gasteiger partial charge in [-0.25, -0.2) is 9.78 Å². The van der Waals surface area contributed by atoms with Gasteiger partial charge in [-0.1, -0.05) is 74.5 Å². The molecule has 0 aliphatic rings. The normalized spacial score (nSPS) is 11.7. The first-order valence-electron chi connectivity index (χ1n) is 11.2. The predicted molar refractivity (Wildman–Crippen MR) is 167 cm³/mol. The van der Waals surface area contributed by atoms with Gasteiger partial charge in [0.25, 0.3) is 5.91 Å². The average molecular weight is 720 g/mol. The van der Waals surface area contributed by atoms with Crippen molar-refractivity contribution in [2.75, 3.05) is 10.6 Å². The van der Waals surface area contributed by atoms with Crippen LogP contribution in [0.3, 0.4) is 0 Å². The zero-order valence-electron chi connectivity index (χ0n) is 20.1. The molecule has 0 radical (unpaired) electrons. The minimum absolute atomic E-state index is 0.216. The highest BCUT2D eigenvalue weighted by atomic mass is 79.9. The lowest BCUT2D eigenvalue weighted by molar-refractivity contribution is -0.115. The van der Waals surface area contributed by atoms with E-state index in [1.807, 2.05) is 29.6 Å². The Morgan fingerprint density at radius 2 is 1.50 bits per heavy atom. The summed E-state index contributed by atoms with van der Waals surface area (Å²) in [7, 11) is 0. The number of amides is 2. The molecule has 0 saturated carbocycles. The number of hydrogen-bond donors (Lipinski definition) is 3.